The maximum Gasteiger partial charge on any atom is 0.0981 e. The summed E-state index contributed by atoms with van der Waals surface area (Å²) in [4.78, 5) is 0. The number of epoxide rings is 1. The molecule has 1 N–H and O–H groups in total. The fourth-order valence-corrected chi connectivity index (χ4v) is 3.82. The maximum absolute atomic E-state index is 9.40. The van der Waals surface area contributed by atoms with Crippen molar-refractivity contribution in [2.45, 2.75) is 57.8 Å². The fraction of sp³-hybridized carbons (Fsp3) is 0.867. The van der Waals surface area contributed by atoms with Crippen LogP contribution in [-0.4, -0.2) is 23.4 Å². The van der Waals surface area contributed by atoms with Gasteiger partial charge in [-0.15, -0.1) is 5.92 Å². The smallest absolute Gasteiger partial charge is 0.0981 e. The molecule has 0 aromatic carbocycles. The van der Waals surface area contributed by atoms with Crippen molar-refractivity contribution in [3.8, 4) is 11.8 Å². The van der Waals surface area contributed by atoms with Gasteiger partial charge in [0.2, 0.25) is 0 Å². The summed E-state index contributed by atoms with van der Waals surface area (Å²) in [7, 11) is 0. The van der Waals surface area contributed by atoms with E-state index in [0.717, 1.165) is 18.8 Å². The van der Waals surface area contributed by atoms with Crippen LogP contribution in [-0.2, 0) is 4.74 Å². The molecule has 3 fully saturated rings. The van der Waals surface area contributed by atoms with Crippen LogP contribution in [0.3, 0.4) is 0 Å². The number of hydrogen-bond donors (Lipinski definition) is 1. The topological polar surface area (TPSA) is 32.8 Å². The van der Waals surface area contributed by atoms with Crippen LogP contribution < -0.4 is 0 Å². The number of fused-ring (bicyclic) bond motifs is 1. The minimum Gasteiger partial charge on any atom is -0.393 e. The molecular formula is C15H22O2. The second-order valence-electron chi connectivity index (χ2n) is 6.05. The largest absolute Gasteiger partial charge is 0.393 e. The minimum atomic E-state index is -0.0272. The van der Waals surface area contributed by atoms with Crippen molar-refractivity contribution >= 4 is 0 Å². The summed E-state index contributed by atoms with van der Waals surface area (Å²) in [6, 6.07) is 0. The zero-order valence-electron chi connectivity index (χ0n) is 10.7. The van der Waals surface area contributed by atoms with Gasteiger partial charge in [0.1, 0.15) is 0 Å². The van der Waals surface area contributed by atoms with Crippen LogP contribution in [0.25, 0.3) is 0 Å². The molecule has 1 aliphatic heterocycles. The standard InChI is InChI=1S/C15H22O2/c1-3-4-10-5-6-13(15-14(10)17-15)9(2)11-7-12(16)8-11/h9-16H,5-8H2,1-2H3. The Kier molecular flexibility index (Phi) is 2.92. The highest BCUT2D eigenvalue weighted by molar-refractivity contribution is 5.13. The number of aliphatic hydroxyl groups is 1. The minimum absolute atomic E-state index is 0.0272. The van der Waals surface area contributed by atoms with E-state index in [1.807, 2.05) is 6.92 Å². The molecule has 0 spiro atoms. The highest BCUT2D eigenvalue weighted by Crippen LogP contribution is 2.50. The van der Waals surface area contributed by atoms with Crippen molar-refractivity contribution in [2.24, 2.45) is 23.7 Å². The third kappa shape index (κ3) is 2.00. The summed E-state index contributed by atoms with van der Waals surface area (Å²) in [6.07, 6.45) is 5.35. The number of hydrogen-bond acceptors (Lipinski definition) is 2. The predicted molar refractivity (Wildman–Crippen MR) is 66.2 cm³/mol. The van der Waals surface area contributed by atoms with Gasteiger partial charge >= 0.3 is 0 Å². The number of rotatable bonds is 2. The molecule has 0 bridgehead atoms. The van der Waals surface area contributed by atoms with Gasteiger partial charge in [-0.3, -0.25) is 0 Å². The van der Waals surface area contributed by atoms with E-state index in [-0.39, 0.29) is 6.10 Å². The molecule has 0 aromatic heterocycles. The molecule has 1 heterocycles. The molecule has 0 radical (unpaired) electrons. The first-order valence-electron chi connectivity index (χ1n) is 6.96. The third-order valence-electron chi connectivity index (χ3n) is 5.09. The van der Waals surface area contributed by atoms with Crippen LogP contribution in [0, 0.1) is 35.5 Å². The maximum atomic E-state index is 9.40. The quantitative estimate of drug-likeness (QED) is 0.587. The van der Waals surface area contributed by atoms with E-state index in [9.17, 15) is 5.11 Å². The Hall–Kier alpha value is -0.520. The van der Waals surface area contributed by atoms with Gasteiger partial charge in [0, 0.05) is 5.92 Å². The van der Waals surface area contributed by atoms with Crippen molar-refractivity contribution in [1.29, 1.82) is 0 Å². The second-order valence-corrected chi connectivity index (χ2v) is 6.05. The van der Waals surface area contributed by atoms with Gasteiger partial charge in [0.15, 0.2) is 0 Å². The van der Waals surface area contributed by atoms with E-state index in [0.29, 0.717) is 30.0 Å². The average molecular weight is 234 g/mol. The molecule has 17 heavy (non-hydrogen) atoms. The molecule has 2 saturated carbocycles. The molecule has 2 heteroatoms. The molecule has 2 nitrogen and oxygen atoms in total. The van der Waals surface area contributed by atoms with E-state index in [2.05, 4.69) is 18.8 Å². The Balaban J connectivity index is 1.58. The number of ether oxygens (including phenoxy) is 1. The SMILES string of the molecule is CC#CC1CCC(C(C)C2CC(O)C2)C2OC12. The second kappa shape index (κ2) is 4.30. The van der Waals surface area contributed by atoms with Crippen LogP contribution >= 0.6 is 0 Å². The van der Waals surface area contributed by atoms with Crippen LogP contribution in [0.15, 0.2) is 0 Å². The van der Waals surface area contributed by atoms with E-state index < -0.39 is 0 Å². The summed E-state index contributed by atoms with van der Waals surface area (Å²) >= 11 is 0. The summed E-state index contributed by atoms with van der Waals surface area (Å²) in [5.41, 5.74) is 0. The lowest BCUT2D eigenvalue weighted by Gasteiger charge is -2.40. The van der Waals surface area contributed by atoms with Gasteiger partial charge in [-0.05, 0) is 50.4 Å². The molecule has 3 rings (SSSR count). The van der Waals surface area contributed by atoms with Gasteiger partial charge in [-0.25, -0.2) is 0 Å². The van der Waals surface area contributed by atoms with Crippen LogP contribution in [0.1, 0.15) is 39.5 Å². The molecule has 0 amide bonds. The van der Waals surface area contributed by atoms with Crippen LogP contribution in [0.4, 0.5) is 0 Å². The molecule has 1 saturated heterocycles. The van der Waals surface area contributed by atoms with Gasteiger partial charge in [0.25, 0.3) is 0 Å². The predicted octanol–water partition coefficient (Wildman–Crippen LogP) is 2.21. The number of aliphatic hydroxyl groups excluding tert-OH is 1. The zero-order valence-corrected chi connectivity index (χ0v) is 10.7. The first-order valence-corrected chi connectivity index (χ1v) is 6.96. The average Bonchev–Trinajstić information content (AvgIpc) is 3.05. The highest BCUT2D eigenvalue weighted by Gasteiger charge is 2.54. The normalized spacial score (nSPS) is 49.4. The Morgan fingerprint density at radius 1 is 1.24 bits per heavy atom. The van der Waals surface area contributed by atoms with Crippen molar-refractivity contribution in [3.05, 3.63) is 0 Å². The summed E-state index contributed by atoms with van der Waals surface area (Å²) < 4.78 is 5.86. The highest BCUT2D eigenvalue weighted by atomic mass is 16.6. The van der Waals surface area contributed by atoms with Gasteiger partial charge in [-0.2, -0.15) is 0 Å². The third-order valence-corrected chi connectivity index (χ3v) is 5.09. The van der Waals surface area contributed by atoms with Crippen LogP contribution in [0.5, 0.6) is 0 Å². The van der Waals surface area contributed by atoms with Crippen molar-refractivity contribution in [2.75, 3.05) is 0 Å². The van der Waals surface area contributed by atoms with E-state index in [4.69, 9.17) is 4.74 Å². The zero-order chi connectivity index (χ0) is 12.0. The van der Waals surface area contributed by atoms with Crippen molar-refractivity contribution in [3.63, 3.8) is 0 Å². The van der Waals surface area contributed by atoms with Gasteiger partial charge in [0.05, 0.1) is 18.3 Å². The molecule has 3 aliphatic rings. The van der Waals surface area contributed by atoms with E-state index in [1.54, 1.807) is 0 Å². The molecule has 5 atom stereocenters. The Labute approximate surface area is 104 Å². The molecule has 2 aliphatic carbocycles. The molecule has 94 valence electrons. The van der Waals surface area contributed by atoms with E-state index in [1.165, 1.54) is 12.8 Å². The Morgan fingerprint density at radius 2 is 2.00 bits per heavy atom. The van der Waals surface area contributed by atoms with Gasteiger partial charge < -0.3 is 9.84 Å². The Morgan fingerprint density at radius 3 is 2.65 bits per heavy atom. The summed E-state index contributed by atoms with van der Waals surface area (Å²) in [5, 5.41) is 9.40. The monoisotopic (exact) mass is 234 g/mol. The molecule has 0 aromatic rings. The Bertz CT molecular complexity index is 348. The lowest BCUT2D eigenvalue weighted by atomic mass is 9.65. The fourth-order valence-electron chi connectivity index (χ4n) is 3.82. The molecule has 5 unspecified atom stereocenters. The summed E-state index contributed by atoms with van der Waals surface area (Å²) in [6.45, 7) is 4.27. The van der Waals surface area contributed by atoms with Crippen molar-refractivity contribution in [1.82, 2.24) is 0 Å². The lowest BCUT2D eigenvalue weighted by molar-refractivity contribution is -0.00240. The lowest BCUT2D eigenvalue weighted by Crippen LogP contribution is -2.39. The van der Waals surface area contributed by atoms with E-state index >= 15 is 0 Å². The van der Waals surface area contributed by atoms with Crippen molar-refractivity contribution < 1.29 is 9.84 Å². The first-order chi connectivity index (χ1) is 8.20. The van der Waals surface area contributed by atoms with Gasteiger partial charge in [-0.1, -0.05) is 12.8 Å². The van der Waals surface area contributed by atoms with Crippen LogP contribution in [0.2, 0.25) is 0 Å². The first kappa shape index (κ1) is 11.6. The molecular weight excluding hydrogens is 212 g/mol. The summed E-state index contributed by atoms with van der Waals surface area (Å²) in [5.74, 6) is 8.95.